The van der Waals surface area contributed by atoms with Crippen LogP contribution < -0.4 is 15.4 Å². The zero-order valence-electron chi connectivity index (χ0n) is 11.7. The Bertz CT molecular complexity index is 482. The molecular weight excluding hydrogens is 292 g/mol. The molecule has 21 heavy (non-hydrogen) atoms. The quantitative estimate of drug-likeness (QED) is 0.685. The van der Waals surface area contributed by atoms with Gasteiger partial charge in [-0.15, -0.1) is 12.4 Å². The molecule has 2 atom stereocenters. The first kappa shape index (κ1) is 17.5. The maximum absolute atomic E-state index is 12.2. The summed E-state index contributed by atoms with van der Waals surface area (Å²) < 4.78 is 5.46. The molecule has 0 radical (unpaired) electrons. The van der Waals surface area contributed by atoms with Gasteiger partial charge in [-0.05, 0) is 12.1 Å². The normalized spacial score (nSPS) is 20.4. The van der Waals surface area contributed by atoms with E-state index in [1.54, 1.807) is 24.3 Å². The highest BCUT2D eigenvalue weighted by Gasteiger charge is 2.25. The van der Waals surface area contributed by atoms with Crippen LogP contribution in [0, 0.1) is 5.92 Å². The molecule has 0 bridgehead atoms. The lowest BCUT2D eigenvalue weighted by Crippen LogP contribution is -2.34. The molecule has 1 heterocycles. The van der Waals surface area contributed by atoms with Gasteiger partial charge in [0.1, 0.15) is 12.4 Å². The van der Waals surface area contributed by atoms with E-state index in [9.17, 15) is 9.90 Å². The van der Waals surface area contributed by atoms with Crippen molar-refractivity contribution >= 4 is 18.3 Å². The maximum atomic E-state index is 12.2. The molecule has 116 valence electrons. The van der Waals surface area contributed by atoms with E-state index in [0.717, 1.165) is 6.54 Å². The number of para-hydroxylation sites is 1. The Morgan fingerprint density at radius 1 is 1.48 bits per heavy atom. The molecule has 1 aromatic carbocycles. The summed E-state index contributed by atoms with van der Waals surface area (Å²) in [6.45, 7) is 5.69. The number of amides is 1. The lowest BCUT2D eigenvalue weighted by molar-refractivity contribution is 0.0923. The van der Waals surface area contributed by atoms with Gasteiger partial charge < -0.3 is 20.5 Å². The van der Waals surface area contributed by atoms with Crippen molar-refractivity contribution in [3.63, 3.8) is 0 Å². The molecular formula is C15H21ClN2O3. The van der Waals surface area contributed by atoms with Crippen molar-refractivity contribution in [1.29, 1.82) is 0 Å². The highest BCUT2D eigenvalue weighted by molar-refractivity contribution is 5.96. The van der Waals surface area contributed by atoms with Gasteiger partial charge in [0.15, 0.2) is 0 Å². The molecule has 1 saturated heterocycles. The Kier molecular flexibility index (Phi) is 7.22. The highest BCUT2D eigenvalue weighted by Crippen LogP contribution is 2.18. The average molecular weight is 313 g/mol. The number of carbonyl (C=O) groups excluding carboxylic acids is 1. The van der Waals surface area contributed by atoms with Crippen LogP contribution in [0.5, 0.6) is 5.75 Å². The van der Waals surface area contributed by atoms with Crippen LogP contribution in [-0.4, -0.2) is 43.4 Å². The van der Waals surface area contributed by atoms with Crippen molar-refractivity contribution in [1.82, 2.24) is 10.6 Å². The first-order valence-electron chi connectivity index (χ1n) is 6.72. The molecule has 1 fully saturated rings. The van der Waals surface area contributed by atoms with E-state index in [0.29, 0.717) is 31.0 Å². The number of halogens is 1. The number of hydrogen-bond donors (Lipinski definition) is 3. The maximum Gasteiger partial charge on any atom is 0.255 e. The number of β-amino-alcohol motifs (C(OH)–C–C–N with tert-alkyl or cyclic N) is 1. The van der Waals surface area contributed by atoms with Gasteiger partial charge >= 0.3 is 0 Å². The summed E-state index contributed by atoms with van der Waals surface area (Å²) >= 11 is 0. The Hall–Kier alpha value is -1.56. The molecule has 0 spiro atoms. The predicted molar refractivity (Wildman–Crippen MR) is 84.1 cm³/mol. The van der Waals surface area contributed by atoms with Crippen LogP contribution in [0.25, 0.3) is 0 Å². The third-order valence-corrected chi connectivity index (χ3v) is 3.32. The summed E-state index contributed by atoms with van der Waals surface area (Å²) in [5.41, 5.74) is 0.495. The Labute approximate surface area is 130 Å². The molecule has 0 aliphatic carbocycles. The standard InChI is InChI=1S/C15H20N2O3.ClH/c1-2-7-20-14-6-4-3-5-12(14)15(19)17-9-11-8-16-10-13(11)18;/h2-6,11,13,16,18H,1,7-10H2,(H,17,19);1H. The molecule has 6 heteroatoms. The monoisotopic (exact) mass is 312 g/mol. The van der Waals surface area contributed by atoms with E-state index in [1.165, 1.54) is 0 Å². The van der Waals surface area contributed by atoms with Crippen LogP contribution in [0.1, 0.15) is 10.4 Å². The molecule has 0 saturated carbocycles. The van der Waals surface area contributed by atoms with E-state index < -0.39 is 6.10 Å². The summed E-state index contributed by atoms with van der Waals surface area (Å²) in [6, 6.07) is 7.09. The minimum atomic E-state index is -0.400. The number of ether oxygens (including phenoxy) is 1. The number of nitrogens with one attached hydrogen (secondary N) is 2. The number of carbonyl (C=O) groups is 1. The van der Waals surface area contributed by atoms with Crippen LogP contribution in [-0.2, 0) is 0 Å². The van der Waals surface area contributed by atoms with E-state index in [2.05, 4.69) is 17.2 Å². The smallest absolute Gasteiger partial charge is 0.255 e. The van der Waals surface area contributed by atoms with Gasteiger partial charge in [-0.1, -0.05) is 24.8 Å². The fourth-order valence-electron chi connectivity index (χ4n) is 2.18. The Morgan fingerprint density at radius 3 is 2.90 bits per heavy atom. The molecule has 1 aliphatic rings. The van der Waals surface area contributed by atoms with Crippen molar-refractivity contribution in [2.45, 2.75) is 6.10 Å². The van der Waals surface area contributed by atoms with Crippen LogP contribution in [0.2, 0.25) is 0 Å². The molecule has 1 aromatic rings. The Morgan fingerprint density at radius 2 is 2.24 bits per heavy atom. The van der Waals surface area contributed by atoms with Crippen LogP contribution in [0.3, 0.4) is 0 Å². The zero-order valence-corrected chi connectivity index (χ0v) is 12.6. The molecule has 2 unspecified atom stereocenters. The summed E-state index contributed by atoms with van der Waals surface area (Å²) in [7, 11) is 0. The highest BCUT2D eigenvalue weighted by atomic mass is 35.5. The SMILES string of the molecule is C=CCOc1ccccc1C(=O)NCC1CNCC1O.Cl. The fraction of sp³-hybridized carbons (Fsp3) is 0.400. The third kappa shape index (κ3) is 4.74. The average Bonchev–Trinajstić information content (AvgIpc) is 2.88. The van der Waals surface area contributed by atoms with E-state index in [4.69, 9.17) is 4.74 Å². The topological polar surface area (TPSA) is 70.6 Å². The van der Waals surface area contributed by atoms with Crippen LogP contribution >= 0.6 is 12.4 Å². The molecule has 5 nitrogen and oxygen atoms in total. The molecule has 0 aromatic heterocycles. The van der Waals surface area contributed by atoms with Crippen molar-refractivity contribution in [3.05, 3.63) is 42.5 Å². The summed E-state index contributed by atoms with van der Waals surface area (Å²) in [6.07, 6.45) is 1.23. The fourth-order valence-corrected chi connectivity index (χ4v) is 2.18. The summed E-state index contributed by atoms with van der Waals surface area (Å²) in [5, 5.41) is 15.6. The second kappa shape index (κ2) is 8.67. The summed E-state index contributed by atoms with van der Waals surface area (Å²) in [4.78, 5) is 12.2. The van der Waals surface area contributed by atoms with Gasteiger partial charge in [-0.25, -0.2) is 0 Å². The first-order valence-corrected chi connectivity index (χ1v) is 6.72. The van der Waals surface area contributed by atoms with Gasteiger partial charge in [-0.2, -0.15) is 0 Å². The van der Waals surface area contributed by atoms with E-state index in [1.807, 2.05) is 6.07 Å². The number of benzene rings is 1. The predicted octanol–water partition coefficient (Wildman–Crippen LogP) is 0.983. The van der Waals surface area contributed by atoms with E-state index >= 15 is 0 Å². The second-order valence-electron chi connectivity index (χ2n) is 4.79. The van der Waals surface area contributed by atoms with Crippen molar-refractivity contribution in [3.8, 4) is 5.75 Å². The molecule has 1 amide bonds. The lowest BCUT2D eigenvalue weighted by atomic mass is 10.1. The molecule has 1 aliphatic heterocycles. The summed E-state index contributed by atoms with van der Waals surface area (Å²) in [5.74, 6) is 0.402. The first-order chi connectivity index (χ1) is 9.72. The number of hydrogen-bond acceptors (Lipinski definition) is 4. The van der Waals surface area contributed by atoms with Gasteiger partial charge in [0.2, 0.25) is 0 Å². The van der Waals surface area contributed by atoms with Crippen LogP contribution in [0.4, 0.5) is 0 Å². The van der Waals surface area contributed by atoms with Crippen molar-refractivity contribution in [2.24, 2.45) is 5.92 Å². The van der Waals surface area contributed by atoms with Gasteiger partial charge in [-0.3, -0.25) is 4.79 Å². The second-order valence-corrected chi connectivity index (χ2v) is 4.79. The lowest BCUT2D eigenvalue weighted by Gasteiger charge is -2.15. The van der Waals surface area contributed by atoms with Gasteiger partial charge in [0.05, 0.1) is 11.7 Å². The number of aliphatic hydroxyl groups is 1. The third-order valence-electron chi connectivity index (χ3n) is 3.32. The van der Waals surface area contributed by atoms with Gasteiger partial charge in [0.25, 0.3) is 5.91 Å². The number of rotatable bonds is 6. The van der Waals surface area contributed by atoms with Crippen molar-refractivity contribution < 1.29 is 14.6 Å². The minimum Gasteiger partial charge on any atom is -0.489 e. The van der Waals surface area contributed by atoms with Crippen LogP contribution in [0.15, 0.2) is 36.9 Å². The zero-order chi connectivity index (χ0) is 14.4. The Balaban J connectivity index is 0.00000220. The molecule has 3 N–H and O–H groups in total. The largest absolute Gasteiger partial charge is 0.489 e. The number of aliphatic hydroxyl groups excluding tert-OH is 1. The van der Waals surface area contributed by atoms with Crippen molar-refractivity contribution in [2.75, 3.05) is 26.2 Å². The molecule has 2 rings (SSSR count). The minimum absolute atomic E-state index is 0. The van der Waals surface area contributed by atoms with Gasteiger partial charge in [0, 0.05) is 25.6 Å². The van der Waals surface area contributed by atoms with E-state index in [-0.39, 0.29) is 24.2 Å².